The van der Waals surface area contributed by atoms with Crippen LogP contribution in [0.4, 0.5) is 11.6 Å². The van der Waals surface area contributed by atoms with Crippen LogP contribution in [0, 0.1) is 0 Å². The summed E-state index contributed by atoms with van der Waals surface area (Å²) in [6.07, 6.45) is 4.10. The Kier molecular flexibility index (Phi) is 3.41. The van der Waals surface area contributed by atoms with Gasteiger partial charge >= 0.3 is 0 Å². The topological polar surface area (TPSA) is 64.3 Å². The van der Waals surface area contributed by atoms with Gasteiger partial charge in [-0.25, -0.2) is 4.98 Å². The molecule has 0 bridgehead atoms. The fourth-order valence-corrected chi connectivity index (χ4v) is 2.22. The second kappa shape index (κ2) is 5.36. The number of hydrogen-bond acceptors (Lipinski definition) is 5. The zero-order valence-electron chi connectivity index (χ0n) is 11.5. The van der Waals surface area contributed by atoms with Crippen molar-refractivity contribution in [2.45, 2.75) is 25.4 Å². The molecule has 0 aliphatic heterocycles. The molecule has 2 aromatic rings. The molecule has 0 radical (unpaired) electrons. The molecular formula is C15H18N4O. The molecule has 2 N–H and O–H groups in total. The van der Waals surface area contributed by atoms with Crippen LogP contribution in [0.1, 0.15) is 18.4 Å². The number of ether oxygens (including phenoxy) is 1. The summed E-state index contributed by atoms with van der Waals surface area (Å²) in [5.74, 6) is 1.31. The minimum atomic E-state index is 0.517. The van der Waals surface area contributed by atoms with Gasteiger partial charge in [0.1, 0.15) is 0 Å². The van der Waals surface area contributed by atoms with E-state index in [4.69, 9.17) is 10.5 Å². The molecular weight excluding hydrogens is 252 g/mol. The molecule has 5 nitrogen and oxygen atoms in total. The largest absolute Gasteiger partial charge is 0.481 e. The van der Waals surface area contributed by atoms with Crippen molar-refractivity contribution in [2.75, 3.05) is 17.7 Å². The molecule has 5 heteroatoms. The van der Waals surface area contributed by atoms with Gasteiger partial charge in [-0.2, -0.15) is 4.98 Å². The molecule has 104 valence electrons. The summed E-state index contributed by atoms with van der Waals surface area (Å²) in [5, 5.41) is 0. The van der Waals surface area contributed by atoms with E-state index in [-0.39, 0.29) is 0 Å². The Balaban J connectivity index is 1.85. The van der Waals surface area contributed by atoms with Gasteiger partial charge in [-0.05, 0) is 30.5 Å². The minimum absolute atomic E-state index is 0.517. The third-order valence-electron chi connectivity index (χ3n) is 3.37. The van der Waals surface area contributed by atoms with Crippen LogP contribution in [0.5, 0.6) is 5.88 Å². The SMILES string of the molecule is COc1ccnc(N(Cc2cccc(N)c2)C2CC2)n1. The summed E-state index contributed by atoms with van der Waals surface area (Å²) in [7, 11) is 1.62. The minimum Gasteiger partial charge on any atom is -0.481 e. The maximum absolute atomic E-state index is 5.84. The number of hydrogen-bond donors (Lipinski definition) is 1. The molecule has 3 rings (SSSR count). The first-order valence-electron chi connectivity index (χ1n) is 6.74. The average Bonchev–Trinajstić information content (AvgIpc) is 3.29. The van der Waals surface area contributed by atoms with Crippen LogP contribution in [0.3, 0.4) is 0 Å². The van der Waals surface area contributed by atoms with Crippen molar-refractivity contribution >= 4 is 11.6 Å². The van der Waals surface area contributed by atoms with Crippen LogP contribution in [0.25, 0.3) is 0 Å². The summed E-state index contributed by atoms with van der Waals surface area (Å²) in [5.41, 5.74) is 7.79. The number of anilines is 2. The number of aromatic nitrogens is 2. The van der Waals surface area contributed by atoms with Gasteiger partial charge in [0.25, 0.3) is 0 Å². The Hall–Kier alpha value is -2.30. The fourth-order valence-electron chi connectivity index (χ4n) is 2.22. The third kappa shape index (κ3) is 2.82. The van der Waals surface area contributed by atoms with E-state index in [0.29, 0.717) is 17.9 Å². The highest BCUT2D eigenvalue weighted by Crippen LogP contribution is 2.31. The summed E-state index contributed by atoms with van der Waals surface area (Å²) < 4.78 is 5.18. The highest BCUT2D eigenvalue weighted by atomic mass is 16.5. The number of rotatable bonds is 5. The van der Waals surface area contributed by atoms with Crippen molar-refractivity contribution in [3.63, 3.8) is 0 Å². The highest BCUT2D eigenvalue weighted by Gasteiger charge is 2.31. The second-order valence-corrected chi connectivity index (χ2v) is 5.00. The maximum atomic E-state index is 5.84. The third-order valence-corrected chi connectivity index (χ3v) is 3.37. The lowest BCUT2D eigenvalue weighted by Gasteiger charge is -2.22. The smallest absolute Gasteiger partial charge is 0.229 e. The van der Waals surface area contributed by atoms with E-state index in [1.54, 1.807) is 19.4 Å². The summed E-state index contributed by atoms with van der Waals surface area (Å²) in [6.45, 7) is 0.767. The second-order valence-electron chi connectivity index (χ2n) is 5.00. The predicted molar refractivity (Wildman–Crippen MR) is 78.6 cm³/mol. The van der Waals surface area contributed by atoms with Crippen LogP contribution >= 0.6 is 0 Å². The van der Waals surface area contributed by atoms with E-state index in [1.165, 1.54) is 18.4 Å². The fraction of sp³-hybridized carbons (Fsp3) is 0.333. The van der Waals surface area contributed by atoms with Gasteiger partial charge in [-0.15, -0.1) is 0 Å². The summed E-state index contributed by atoms with van der Waals surface area (Å²) >= 11 is 0. The molecule has 1 heterocycles. The quantitative estimate of drug-likeness (QED) is 0.844. The molecule has 0 saturated heterocycles. The van der Waals surface area contributed by atoms with Gasteiger partial charge in [0.05, 0.1) is 7.11 Å². The molecule has 1 aliphatic carbocycles. The van der Waals surface area contributed by atoms with E-state index >= 15 is 0 Å². The van der Waals surface area contributed by atoms with Crippen molar-refractivity contribution in [1.82, 2.24) is 9.97 Å². The van der Waals surface area contributed by atoms with Crippen LogP contribution in [-0.4, -0.2) is 23.1 Å². The lowest BCUT2D eigenvalue weighted by Crippen LogP contribution is -2.27. The number of methoxy groups -OCH3 is 1. The summed E-state index contributed by atoms with van der Waals surface area (Å²) in [6, 6.07) is 10.2. The van der Waals surface area contributed by atoms with Gasteiger partial charge in [0.2, 0.25) is 11.8 Å². The van der Waals surface area contributed by atoms with Gasteiger partial charge in [0, 0.05) is 30.5 Å². The zero-order valence-corrected chi connectivity index (χ0v) is 11.5. The molecule has 0 spiro atoms. The zero-order chi connectivity index (χ0) is 13.9. The molecule has 1 aliphatic rings. The normalized spacial score (nSPS) is 14.1. The van der Waals surface area contributed by atoms with Gasteiger partial charge in [-0.1, -0.05) is 12.1 Å². The van der Waals surface area contributed by atoms with Gasteiger partial charge < -0.3 is 15.4 Å². The lowest BCUT2D eigenvalue weighted by atomic mass is 10.2. The Bertz CT molecular complexity index is 598. The standard InChI is InChI=1S/C15H18N4O/c1-20-14-7-8-17-15(18-14)19(13-5-6-13)10-11-3-2-4-12(16)9-11/h2-4,7-9,13H,5-6,10,16H2,1H3. The molecule has 0 unspecified atom stereocenters. The maximum Gasteiger partial charge on any atom is 0.229 e. The average molecular weight is 270 g/mol. The van der Waals surface area contributed by atoms with Crippen LogP contribution in [0.2, 0.25) is 0 Å². The molecule has 1 fully saturated rings. The molecule has 1 aromatic carbocycles. The van der Waals surface area contributed by atoms with Crippen molar-refractivity contribution < 1.29 is 4.74 Å². The Morgan fingerprint density at radius 3 is 2.90 bits per heavy atom. The number of nitrogens with zero attached hydrogens (tertiary/aromatic N) is 3. The summed E-state index contributed by atoms with van der Waals surface area (Å²) in [4.78, 5) is 11.0. The van der Waals surface area contributed by atoms with Crippen LogP contribution < -0.4 is 15.4 Å². The van der Waals surface area contributed by atoms with E-state index in [9.17, 15) is 0 Å². The number of benzene rings is 1. The van der Waals surface area contributed by atoms with Crippen molar-refractivity contribution in [2.24, 2.45) is 0 Å². The van der Waals surface area contributed by atoms with E-state index < -0.39 is 0 Å². The van der Waals surface area contributed by atoms with Crippen LogP contribution in [-0.2, 0) is 6.54 Å². The van der Waals surface area contributed by atoms with Crippen molar-refractivity contribution in [1.29, 1.82) is 0 Å². The first kappa shape index (κ1) is 12.7. The van der Waals surface area contributed by atoms with Gasteiger partial charge in [-0.3, -0.25) is 0 Å². The number of nitrogens with two attached hydrogens (primary N) is 1. The first-order valence-corrected chi connectivity index (χ1v) is 6.74. The Morgan fingerprint density at radius 2 is 2.20 bits per heavy atom. The van der Waals surface area contributed by atoms with E-state index in [0.717, 1.165) is 12.2 Å². The van der Waals surface area contributed by atoms with Crippen LogP contribution in [0.15, 0.2) is 36.5 Å². The van der Waals surface area contributed by atoms with Crippen molar-refractivity contribution in [3.8, 4) is 5.88 Å². The molecule has 0 atom stereocenters. The Morgan fingerprint density at radius 1 is 1.35 bits per heavy atom. The first-order chi connectivity index (χ1) is 9.76. The monoisotopic (exact) mass is 270 g/mol. The molecule has 1 saturated carbocycles. The molecule has 20 heavy (non-hydrogen) atoms. The van der Waals surface area contributed by atoms with Crippen molar-refractivity contribution in [3.05, 3.63) is 42.1 Å². The highest BCUT2D eigenvalue weighted by molar-refractivity contribution is 5.43. The Labute approximate surface area is 118 Å². The van der Waals surface area contributed by atoms with E-state index in [1.807, 2.05) is 18.2 Å². The lowest BCUT2D eigenvalue weighted by molar-refractivity contribution is 0.396. The number of nitrogen functional groups attached to an aromatic ring is 1. The molecule has 0 amide bonds. The van der Waals surface area contributed by atoms with Gasteiger partial charge in [0.15, 0.2) is 0 Å². The van der Waals surface area contributed by atoms with E-state index in [2.05, 4.69) is 20.9 Å². The molecule has 1 aromatic heterocycles. The predicted octanol–water partition coefficient (Wildman–Crippen LogP) is 2.24.